The number of allylic oxidation sites excluding steroid dienone is 1. The molecule has 0 radical (unpaired) electrons. The lowest BCUT2D eigenvalue weighted by Gasteiger charge is -2.30. The van der Waals surface area contributed by atoms with Gasteiger partial charge in [0.1, 0.15) is 5.75 Å². The molecule has 1 aromatic carbocycles. The van der Waals surface area contributed by atoms with Crippen molar-refractivity contribution >= 4 is 12.4 Å². The molecule has 0 saturated heterocycles. The Bertz CT molecular complexity index is 493. The standard InChI is InChI=1S/C15H20N2O.ClH/c1-11-9-15(17,8-7-14(11)16)10-12-3-5-13(18-2)6-4-12;/h3-8H,9-10,16-17H2,1-2H3;1H. The Balaban J connectivity index is 0.00000180. The van der Waals surface area contributed by atoms with Crippen LogP contribution in [0.1, 0.15) is 18.9 Å². The van der Waals surface area contributed by atoms with Crippen LogP contribution in [0.5, 0.6) is 5.75 Å². The lowest BCUT2D eigenvalue weighted by atomic mass is 9.82. The van der Waals surface area contributed by atoms with Gasteiger partial charge in [0.15, 0.2) is 0 Å². The average molecular weight is 281 g/mol. The highest BCUT2D eigenvalue weighted by Crippen LogP contribution is 2.26. The average Bonchev–Trinajstić information content (AvgIpc) is 2.35. The van der Waals surface area contributed by atoms with Crippen LogP contribution in [0.15, 0.2) is 47.7 Å². The van der Waals surface area contributed by atoms with Crippen LogP contribution >= 0.6 is 12.4 Å². The maximum atomic E-state index is 6.41. The van der Waals surface area contributed by atoms with Crippen molar-refractivity contribution in [2.24, 2.45) is 11.5 Å². The minimum atomic E-state index is -0.332. The SMILES string of the molecule is COc1ccc(CC2(N)C=CC(N)=C(C)C2)cc1.Cl. The summed E-state index contributed by atoms with van der Waals surface area (Å²) in [6, 6.07) is 8.03. The maximum Gasteiger partial charge on any atom is 0.118 e. The molecule has 1 aliphatic rings. The quantitative estimate of drug-likeness (QED) is 0.894. The van der Waals surface area contributed by atoms with Gasteiger partial charge in [-0.05, 0) is 49.1 Å². The van der Waals surface area contributed by atoms with Gasteiger partial charge in [-0.1, -0.05) is 18.2 Å². The van der Waals surface area contributed by atoms with Crippen molar-refractivity contribution in [3.8, 4) is 5.75 Å². The van der Waals surface area contributed by atoms with E-state index in [1.54, 1.807) is 7.11 Å². The van der Waals surface area contributed by atoms with Crippen molar-refractivity contribution in [1.29, 1.82) is 0 Å². The van der Waals surface area contributed by atoms with Crippen LogP contribution in [0.25, 0.3) is 0 Å². The Morgan fingerprint density at radius 1 is 1.26 bits per heavy atom. The van der Waals surface area contributed by atoms with Gasteiger partial charge < -0.3 is 16.2 Å². The third kappa shape index (κ3) is 3.75. The number of ether oxygens (including phenoxy) is 1. The van der Waals surface area contributed by atoms with Crippen molar-refractivity contribution in [2.75, 3.05) is 7.11 Å². The van der Waals surface area contributed by atoms with E-state index in [4.69, 9.17) is 16.2 Å². The minimum absolute atomic E-state index is 0. The molecule has 2 rings (SSSR count). The second-order valence-electron chi connectivity index (χ2n) is 5.00. The van der Waals surface area contributed by atoms with Gasteiger partial charge in [0.2, 0.25) is 0 Å². The Hall–Kier alpha value is -1.45. The zero-order valence-electron chi connectivity index (χ0n) is 11.3. The molecule has 0 saturated carbocycles. The molecular weight excluding hydrogens is 260 g/mol. The van der Waals surface area contributed by atoms with Crippen LogP contribution in [-0.4, -0.2) is 12.6 Å². The zero-order chi connectivity index (χ0) is 13.2. The first kappa shape index (κ1) is 15.6. The number of methoxy groups -OCH3 is 1. The van der Waals surface area contributed by atoms with Crippen molar-refractivity contribution in [2.45, 2.75) is 25.3 Å². The van der Waals surface area contributed by atoms with Crippen molar-refractivity contribution in [1.82, 2.24) is 0 Å². The van der Waals surface area contributed by atoms with E-state index in [1.165, 1.54) is 5.56 Å². The minimum Gasteiger partial charge on any atom is -0.497 e. The summed E-state index contributed by atoms with van der Waals surface area (Å²) in [6.07, 6.45) is 5.54. The van der Waals surface area contributed by atoms with E-state index < -0.39 is 0 Å². The Morgan fingerprint density at radius 2 is 1.89 bits per heavy atom. The largest absolute Gasteiger partial charge is 0.497 e. The number of hydrogen-bond acceptors (Lipinski definition) is 3. The fourth-order valence-electron chi connectivity index (χ4n) is 2.30. The molecule has 104 valence electrons. The first-order valence-electron chi connectivity index (χ1n) is 6.09. The van der Waals surface area contributed by atoms with Crippen LogP contribution in [-0.2, 0) is 6.42 Å². The van der Waals surface area contributed by atoms with Crippen LogP contribution in [0.2, 0.25) is 0 Å². The van der Waals surface area contributed by atoms with Gasteiger partial charge in [0.05, 0.1) is 7.11 Å². The molecule has 19 heavy (non-hydrogen) atoms. The first-order valence-corrected chi connectivity index (χ1v) is 6.09. The summed E-state index contributed by atoms with van der Waals surface area (Å²) in [4.78, 5) is 0. The van der Waals surface area contributed by atoms with Gasteiger partial charge >= 0.3 is 0 Å². The van der Waals surface area contributed by atoms with Crippen molar-refractivity contribution in [3.05, 3.63) is 53.3 Å². The fraction of sp³-hybridized carbons (Fsp3) is 0.333. The second kappa shape index (κ2) is 6.13. The summed E-state index contributed by atoms with van der Waals surface area (Å²) in [5, 5.41) is 0. The van der Waals surface area contributed by atoms with Gasteiger partial charge in [0.25, 0.3) is 0 Å². The van der Waals surface area contributed by atoms with E-state index in [0.29, 0.717) is 0 Å². The summed E-state index contributed by atoms with van der Waals surface area (Å²) in [6.45, 7) is 2.04. The molecule has 0 spiro atoms. The third-order valence-electron chi connectivity index (χ3n) is 3.37. The van der Waals surface area contributed by atoms with Crippen LogP contribution in [0, 0.1) is 0 Å². The highest BCUT2D eigenvalue weighted by molar-refractivity contribution is 5.85. The number of hydrogen-bond donors (Lipinski definition) is 2. The fourth-order valence-corrected chi connectivity index (χ4v) is 2.30. The van der Waals surface area contributed by atoms with Crippen LogP contribution in [0.3, 0.4) is 0 Å². The summed E-state index contributed by atoms with van der Waals surface area (Å²) >= 11 is 0. The van der Waals surface area contributed by atoms with Gasteiger partial charge in [-0.15, -0.1) is 12.4 Å². The Morgan fingerprint density at radius 3 is 2.42 bits per heavy atom. The van der Waals surface area contributed by atoms with E-state index >= 15 is 0 Å². The summed E-state index contributed by atoms with van der Waals surface area (Å²) in [7, 11) is 1.67. The number of nitrogens with two attached hydrogens (primary N) is 2. The maximum absolute atomic E-state index is 6.41. The summed E-state index contributed by atoms with van der Waals surface area (Å²) in [5.74, 6) is 0.865. The van der Waals surface area contributed by atoms with Gasteiger partial charge in [-0.25, -0.2) is 0 Å². The number of benzene rings is 1. The molecule has 0 aliphatic heterocycles. The Labute approximate surface area is 120 Å². The van der Waals surface area contributed by atoms with E-state index in [2.05, 4.69) is 12.1 Å². The van der Waals surface area contributed by atoms with E-state index in [9.17, 15) is 0 Å². The monoisotopic (exact) mass is 280 g/mol. The van der Waals surface area contributed by atoms with E-state index in [-0.39, 0.29) is 17.9 Å². The molecule has 0 heterocycles. The molecule has 1 unspecified atom stereocenters. The lowest BCUT2D eigenvalue weighted by Crippen LogP contribution is -2.42. The molecule has 0 bridgehead atoms. The molecule has 0 aromatic heterocycles. The van der Waals surface area contributed by atoms with Gasteiger partial charge in [-0.3, -0.25) is 0 Å². The molecule has 4 N–H and O–H groups in total. The predicted molar refractivity (Wildman–Crippen MR) is 81.5 cm³/mol. The molecule has 1 aromatic rings. The smallest absolute Gasteiger partial charge is 0.118 e. The first-order chi connectivity index (χ1) is 8.52. The molecule has 1 aliphatic carbocycles. The third-order valence-corrected chi connectivity index (χ3v) is 3.37. The topological polar surface area (TPSA) is 61.3 Å². The number of halogens is 1. The van der Waals surface area contributed by atoms with Crippen LogP contribution < -0.4 is 16.2 Å². The van der Waals surface area contributed by atoms with Crippen LogP contribution in [0.4, 0.5) is 0 Å². The predicted octanol–water partition coefficient (Wildman–Crippen LogP) is 2.55. The highest BCUT2D eigenvalue weighted by atomic mass is 35.5. The molecular formula is C15H21ClN2O. The van der Waals surface area contributed by atoms with Crippen molar-refractivity contribution < 1.29 is 4.74 Å². The van der Waals surface area contributed by atoms with Gasteiger partial charge in [-0.2, -0.15) is 0 Å². The zero-order valence-corrected chi connectivity index (χ0v) is 12.2. The number of rotatable bonds is 3. The summed E-state index contributed by atoms with van der Waals surface area (Å²) in [5.41, 5.74) is 15.1. The molecule has 4 heteroatoms. The summed E-state index contributed by atoms with van der Waals surface area (Å²) < 4.78 is 5.15. The van der Waals surface area contributed by atoms with Crippen molar-refractivity contribution in [3.63, 3.8) is 0 Å². The molecule has 3 nitrogen and oxygen atoms in total. The van der Waals surface area contributed by atoms with Gasteiger partial charge in [0, 0.05) is 11.2 Å². The lowest BCUT2D eigenvalue weighted by molar-refractivity contribution is 0.414. The highest BCUT2D eigenvalue weighted by Gasteiger charge is 2.25. The van der Waals surface area contributed by atoms with E-state index in [1.807, 2.05) is 31.2 Å². The normalized spacial score (nSPS) is 22.1. The molecule has 1 atom stereocenters. The molecule has 0 amide bonds. The Kier molecular flexibility index (Phi) is 5.04. The van der Waals surface area contributed by atoms with E-state index in [0.717, 1.165) is 29.9 Å². The second-order valence-corrected chi connectivity index (χ2v) is 5.00. The molecule has 0 fully saturated rings.